The molecule has 1 amide bonds. The van der Waals surface area contributed by atoms with Gasteiger partial charge in [-0.05, 0) is 48.7 Å². The molecule has 2 aromatic rings. The fraction of sp³-hybridized carbons (Fsp3) is 0.409. The van der Waals surface area contributed by atoms with Gasteiger partial charge in [-0.15, -0.1) is 0 Å². The second-order valence-corrected chi connectivity index (χ2v) is 10.0. The molecule has 176 valence electrons. The number of sulfonamides is 1. The van der Waals surface area contributed by atoms with Gasteiger partial charge in [-0.3, -0.25) is 14.9 Å². The second-order valence-electron chi connectivity index (χ2n) is 8.10. The van der Waals surface area contributed by atoms with Crippen molar-refractivity contribution in [2.45, 2.75) is 24.7 Å². The zero-order valence-electron chi connectivity index (χ0n) is 18.3. The number of nitro benzene ring substituents is 1. The van der Waals surface area contributed by atoms with Crippen molar-refractivity contribution >= 4 is 33.0 Å². The van der Waals surface area contributed by atoms with Crippen LogP contribution in [0.15, 0.2) is 41.3 Å². The number of nitrogens with zero attached hydrogens (tertiary/aromatic N) is 3. The number of benzene rings is 2. The van der Waals surface area contributed by atoms with E-state index in [-0.39, 0.29) is 22.9 Å². The van der Waals surface area contributed by atoms with Crippen molar-refractivity contribution in [3.05, 3.63) is 57.6 Å². The van der Waals surface area contributed by atoms with E-state index in [1.807, 2.05) is 6.07 Å². The molecule has 1 saturated heterocycles. The van der Waals surface area contributed by atoms with Gasteiger partial charge in [0, 0.05) is 56.1 Å². The lowest BCUT2D eigenvalue weighted by atomic mass is 10.1. The summed E-state index contributed by atoms with van der Waals surface area (Å²) in [6.07, 6.45) is 0.953. The fourth-order valence-electron chi connectivity index (χ4n) is 4.13. The van der Waals surface area contributed by atoms with Gasteiger partial charge in [0.2, 0.25) is 15.9 Å². The number of hydrogen-bond donors (Lipinski definition) is 1. The molecule has 0 spiro atoms. The third-order valence-electron chi connectivity index (χ3n) is 5.95. The van der Waals surface area contributed by atoms with Gasteiger partial charge in [0.05, 0.1) is 23.0 Å². The molecule has 0 radical (unpaired) electrons. The van der Waals surface area contributed by atoms with Gasteiger partial charge < -0.3 is 15.0 Å². The number of aryl methyl sites for hydroxylation is 1. The predicted molar refractivity (Wildman–Crippen MR) is 123 cm³/mol. The van der Waals surface area contributed by atoms with E-state index >= 15 is 0 Å². The number of ether oxygens (including phenoxy) is 1. The number of non-ortho nitro benzene ring substituents is 1. The molecular weight excluding hydrogens is 448 g/mol. The van der Waals surface area contributed by atoms with E-state index in [0.717, 1.165) is 11.3 Å². The molecular formula is C22H26N4O6S. The highest BCUT2D eigenvalue weighted by Crippen LogP contribution is 2.31. The number of amides is 1. The van der Waals surface area contributed by atoms with E-state index in [9.17, 15) is 23.3 Å². The first-order chi connectivity index (χ1) is 15.8. The van der Waals surface area contributed by atoms with Crippen molar-refractivity contribution in [2.24, 2.45) is 0 Å². The molecule has 1 fully saturated rings. The summed E-state index contributed by atoms with van der Waals surface area (Å²) in [6.45, 7) is 4.42. The molecule has 2 aromatic carbocycles. The molecule has 2 aliphatic heterocycles. The van der Waals surface area contributed by atoms with Crippen LogP contribution < -0.4 is 10.2 Å². The predicted octanol–water partition coefficient (Wildman–Crippen LogP) is 2.32. The minimum Gasteiger partial charge on any atom is -0.379 e. The Bertz CT molecular complexity index is 1180. The highest BCUT2D eigenvalue weighted by Gasteiger charge is 2.28. The molecule has 10 nitrogen and oxygen atoms in total. The summed E-state index contributed by atoms with van der Waals surface area (Å²) >= 11 is 0. The highest BCUT2D eigenvalue weighted by molar-refractivity contribution is 7.89. The molecule has 0 bridgehead atoms. The Morgan fingerprint density at radius 3 is 2.61 bits per heavy atom. The van der Waals surface area contributed by atoms with Crippen molar-refractivity contribution < 1.29 is 22.9 Å². The van der Waals surface area contributed by atoms with Crippen LogP contribution in [0.4, 0.5) is 17.1 Å². The minimum absolute atomic E-state index is 0.0193. The van der Waals surface area contributed by atoms with E-state index in [2.05, 4.69) is 10.2 Å². The van der Waals surface area contributed by atoms with Crippen molar-refractivity contribution in [1.82, 2.24) is 4.31 Å². The third kappa shape index (κ3) is 5.00. The summed E-state index contributed by atoms with van der Waals surface area (Å²) in [5.74, 6) is -0.188. The standard InChI is InChI=1S/C22H26N4O6S/c1-16-14-18(26(28)29)2-4-20(16)23-22(27)7-9-24-8-6-17-15-19(3-5-21(17)24)33(30,31)25-10-12-32-13-11-25/h2-5,14-15H,6-13H2,1H3,(H,23,27). The van der Waals surface area contributed by atoms with Crippen LogP contribution in [0.5, 0.6) is 0 Å². The Balaban J connectivity index is 1.38. The molecule has 2 aliphatic rings. The van der Waals surface area contributed by atoms with Crippen LogP contribution in [0.3, 0.4) is 0 Å². The lowest BCUT2D eigenvalue weighted by Crippen LogP contribution is -2.40. The summed E-state index contributed by atoms with van der Waals surface area (Å²) in [6, 6.07) is 9.50. The van der Waals surface area contributed by atoms with Gasteiger partial charge in [-0.2, -0.15) is 4.31 Å². The first kappa shape index (κ1) is 23.1. The number of carbonyl (C=O) groups excluding carboxylic acids is 1. The average molecular weight is 475 g/mol. The van der Waals surface area contributed by atoms with E-state index in [1.54, 1.807) is 19.1 Å². The van der Waals surface area contributed by atoms with Crippen LogP contribution in [0.25, 0.3) is 0 Å². The molecule has 0 saturated carbocycles. The smallest absolute Gasteiger partial charge is 0.269 e. The van der Waals surface area contributed by atoms with Crippen molar-refractivity contribution in [2.75, 3.05) is 49.6 Å². The zero-order chi connectivity index (χ0) is 23.6. The normalized spacial score (nSPS) is 16.5. The number of anilines is 2. The van der Waals surface area contributed by atoms with Gasteiger partial charge in [-0.1, -0.05) is 0 Å². The van der Waals surface area contributed by atoms with Crippen molar-refractivity contribution in [1.29, 1.82) is 0 Å². The Hall–Kier alpha value is -3.02. The van der Waals surface area contributed by atoms with Gasteiger partial charge >= 0.3 is 0 Å². The molecule has 11 heteroatoms. The maximum absolute atomic E-state index is 12.9. The molecule has 4 rings (SSSR count). The van der Waals surface area contributed by atoms with Crippen LogP contribution in [0.2, 0.25) is 0 Å². The summed E-state index contributed by atoms with van der Waals surface area (Å²) in [7, 11) is -3.55. The first-order valence-electron chi connectivity index (χ1n) is 10.8. The number of nitrogens with one attached hydrogen (secondary N) is 1. The summed E-state index contributed by atoms with van der Waals surface area (Å²) < 4.78 is 32.5. The highest BCUT2D eigenvalue weighted by atomic mass is 32.2. The van der Waals surface area contributed by atoms with Crippen LogP contribution in [0, 0.1) is 17.0 Å². The number of carbonyl (C=O) groups is 1. The summed E-state index contributed by atoms with van der Waals surface area (Å²) in [4.78, 5) is 25.2. The van der Waals surface area contributed by atoms with Crippen LogP contribution in [-0.2, 0) is 26.0 Å². The first-order valence-corrected chi connectivity index (χ1v) is 12.2. The van der Waals surface area contributed by atoms with E-state index in [1.165, 1.54) is 22.5 Å². The molecule has 0 aliphatic carbocycles. The third-order valence-corrected chi connectivity index (χ3v) is 7.85. The molecule has 33 heavy (non-hydrogen) atoms. The molecule has 1 N–H and O–H groups in total. The van der Waals surface area contributed by atoms with Gasteiger partial charge in [0.15, 0.2) is 0 Å². The zero-order valence-corrected chi connectivity index (χ0v) is 19.1. The lowest BCUT2D eigenvalue weighted by Gasteiger charge is -2.26. The molecule has 2 heterocycles. The van der Waals surface area contributed by atoms with Crippen molar-refractivity contribution in [3.63, 3.8) is 0 Å². The Labute approximate surface area is 192 Å². The average Bonchev–Trinajstić information content (AvgIpc) is 3.22. The largest absolute Gasteiger partial charge is 0.379 e. The number of rotatable bonds is 7. The Morgan fingerprint density at radius 2 is 1.91 bits per heavy atom. The molecule has 0 atom stereocenters. The van der Waals surface area contributed by atoms with Crippen LogP contribution >= 0.6 is 0 Å². The number of fused-ring (bicyclic) bond motifs is 1. The van der Waals surface area contributed by atoms with E-state index in [4.69, 9.17) is 4.74 Å². The number of morpholine rings is 1. The molecule has 0 unspecified atom stereocenters. The quantitative estimate of drug-likeness (QED) is 0.483. The topological polar surface area (TPSA) is 122 Å². The van der Waals surface area contributed by atoms with E-state index in [0.29, 0.717) is 57.1 Å². The maximum Gasteiger partial charge on any atom is 0.269 e. The number of hydrogen-bond acceptors (Lipinski definition) is 7. The van der Waals surface area contributed by atoms with E-state index < -0.39 is 14.9 Å². The van der Waals surface area contributed by atoms with Gasteiger partial charge in [-0.25, -0.2) is 8.42 Å². The SMILES string of the molecule is Cc1cc([N+](=O)[O-])ccc1NC(=O)CCN1CCc2cc(S(=O)(=O)N3CCOCC3)ccc21. The second kappa shape index (κ2) is 9.46. The lowest BCUT2D eigenvalue weighted by molar-refractivity contribution is -0.384. The van der Waals surface area contributed by atoms with Crippen LogP contribution in [-0.4, -0.2) is 62.9 Å². The fourth-order valence-corrected chi connectivity index (χ4v) is 5.59. The Kier molecular flexibility index (Phi) is 6.63. The monoisotopic (exact) mass is 474 g/mol. The van der Waals surface area contributed by atoms with Crippen molar-refractivity contribution in [3.8, 4) is 0 Å². The molecule has 0 aromatic heterocycles. The Morgan fingerprint density at radius 1 is 1.15 bits per heavy atom. The summed E-state index contributed by atoms with van der Waals surface area (Å²) in [5.41, 5.74) is 3.05. The van der Waals surface area contributed by atoms with Gasteiger partial charge in [0.1, 0.15) is 0 Å². The van der Waals surface area contributed by atoms with Gasteiger partial charge in [0.25, 0.3) is 5.69 Å². The minimum atomic E-state index is -3.55. The maximum atomic E-state index is 12.9. The number of nitro groups is 1. The van der Waals surface area contributed by atoms with Crippen LogP contribution in [0.1, 0.15) is 17.5 Å². The summed E-state index contributed by atoms with van der Waals surface area (Å²) in [5, 5.41) is 13.7.